The molecule has 2 amide bonds. The molecule has 1 fully saturated rings. The molecule has 0 radical (unpaired) electrons. The zero-order chi connectivity index (χ0) is 28.7. The van der Waals surface area contributed by atoms with Crippen LogP contribution in [0.15, 0.2) is 69.0 Å². The highest BCUT2D eigenvalue weighted by atomic mass is 79.9. The Bertz CT molecular complexity index is 1730. The number of halogens is 1. The Balaban J connectivity index is 1.34. The number of benzene rings is 2. The van der Waals surface area contributed by atoms with Gasteiger partial charge >= 0.3 is 0 Å². The first-order chi connectivity index (χ1) is 19.8. The molecule has 9 heteroatoms. The van der Waals surface area contributed by atoms with Crippen LogP contribution in [-0.2, 0) is 17.6 Å². The molecule has 6 nitrogen and oxygen atoms in total. The number of aliphatic imine (C=N–C) groups is 1. The van der Waals surface area contributed by atoms with Crippen molar-refractivity contribution in [2.75, 3.05) is 5.32 Å². The minimum atomic E-state index is -0.166. The third kappa shape index (κ3) is 5.71. The number of nitrogens with one attached hydrogen (secondary N) is 2. The van der Waals surface area contributed by atoms with Crippen LogP contribution in [-0.4, -0.2) is 21.5 Å². The zero-order valence-electron chi connectivity index (χ0n) is 23.0. The van der Waals surface area contributed by atoms with Crippen LogP contribution in [0.5, 0.6) is 0 Å². The Morgan fingerprint density at radius 3 is 2.54 bits per heavy atom. The molecule has 41 heavy (non-hydrogen) atoms. The second-order valence-electron chi connectivity index (χ2n) is 10.3. The summed E-state index contributed by atoms with van der Waals surface area (Å²) in [6.45, 7) is 6.14. The number of carbonyl (C=O) groups is 2. The number of thiophene rings is 1. The first-order valence-electron chi connectivity index (χ1n) is 13.5. The Kier molecular flexibility index (Phi) is 7.76. The number of aryl methyl sites for hydroxylation is 3. The number of carbonyl (C=O) groups excluding carboxylic acids is 2. The standard InChI is InChI=1S/C32H29BrN4O2S2/c1-18-8-12-23(13-9-18)34-30(39)28-25-6-4-5-7-26(25)40-31(28)37-19(2)16-21(20(37)3)17-27-29(38)36-32(41-27)35-24-14-10-22(33)11-15-24/h8-17H,4-7H2,1-3H3,(H,34,39)(H,35,36,38)/b27-17-. The lowest BCUT2D eigenvalue weighted by Crippen LogP contribution is -2.19. The number of thioether (sulfide) groups is 1. The van der Waals surface area contributed by atoms with Crippen molar-refractivity contribution >= 4 is 73.5 Å². The van der Waals surface area contributed by atoms with Crippen LogP contribution in [0.1, 0.15) is 56.2 Å². The molecule has 1 aliphatic carbocycles. The first kappa shape index (κ1) is 27.8. The molecule has 0 atom stereocenters. The van der Waals surface area contributed by atoms with E-state index >= 15 is 0 Å². The summed E-state index contributed by atoms with van der Waals surface area (Å²) < 4.78 is 3.15. The van der Waals surface area contributed by atoms with Gasteiger partial charge in [0.05, 0.1) is 16.2 Å². The van der Waals surface area contributed by atoms with Crippen molar-refractivity contribution in [2.24, 2.45) is 4.99 Å². The maximum absolute atomic E-state index is 13.8. The molecule has 2 aromatic carbocycles. The molecule has 1 aliphatic heterocycles. The fourth-order valence-electron chi connectivity index (χ4n) is 5.27. The molecule has 0 bridgehead atoms. The van der Waals surface area contributed by atoms with Crippen LogP contribution in [0, 0.1) is 20.8 Å². The quantitative estimate of drug-likeness (QED) is 0.215. The maximum atomic E-state index is 13.8. The van der Waals surface area contributed by atoms with Crippen molar-refractivity contribution in [3.63, 3.8) is 0 Å². The summed E-state index contributed by atoms with van der Waals surface area (Å²) >= 11 is 6.49. The fraction of sp³-hybridized carbons (Fsp3) is 0.219. The van der Waals surface area contributed by atoms with Gasteiger partial charge in [0.15, 0.2) is 5.17 Å². The molecule has 2 N–H and O–H groups in total. The van der Waals surface area contributed by atoms with E-state index in [9.17, 15) is 9.59 Å². The lowest BCUT2D eigenvalue weighted by Gasteiger charge is -2.14. The van der Waals surface area contributed by atoms with Crippen molar-refractivity contribution in [1.29, 1.82) is 0 Å². The van der Waals surface area contributed by atoms with E-state index in [2.05, 4.69) is 49.1 Å². The molecule has 4 aromatic rings. The lowest BCUT2D eigenvalue weighted by molar-refractivity contribution is -0.115. The van der Waals surface area contributed by atoms with E-state index in [4.69, 9.17) is 0 Å². The van der Waals surface area contributed by atoms with E-state index < -0.39 is 0 Å². The lowest BCUT2D eigenvalue weighted by atomic mass is 9.95. The summed E-state index contributed by atoms with van der Waals surface area (Å²) in [5, 5.41) is 7.52. The second-order valence-corrected chi connectivity index (χ2v) is 13.4. The number of hydrogen-bond donors (Lipinski definition) is 2. The third-order valence-corrected chi connectivity index (χ3v) is 10.1. The predicted octanol–water partition coefficient (Wildman–Crippen LogP) is 8.25. The van der Waals surface area contributed by atoms with Crippen LogP contribution in [0.3, 0.4) is 0 Å². The average molecular weight is 646 g/mol. The van der Waals surface area contributed by atoms with E-state index in [1.54, 1.807) is 11.3 Å². The number of nitrogens with zero attached hydrogens (tertiary/aromatic N) is 2. The van der Waals surface area contributed by atoms with Gasteiger partial charge < -0.3 is 15.2 Å². The molecule has 1 saturated heterocycles. The second kappa shape index (κ2) is 11.5. The molecule has 2 aromatic heterocycles. The SMILES string of the molecule is Cc1ccc(NC(=O)c2c(-n3c(C)cc(/C=C4\SC(=Nc5ccc(Br)cc5)NC4=O)c3C)sc3c2CCCC3)cc1. The Hall–Kier alpha value is -3.40. The normalized spacial score (nSPS) is 16.7. The Morgan fingerprint density at radius 1 is 1.05 bits per heavy atom. The number of fused-ring (bicyclic) bond motifs is 1. The van der Waals surface area contributed by atoms with Crippen molar-refractivity contribution in [3.05, 3.63) is 102 Å². The zero-order valence-corrected chi connectivity index (χ0v) is 26.2. The molecular formula is C32H29BrN4O2S2. The summed E-state index contributed by atoms with van der Waals surface area (Å²) in [7, 11) is 0. The highest BCUT2D eigenvalue weighted by Crippen LogP contribution is 2.40. The third-order valence-electron chi connectivity index (χ3n) is 7.36. The van der Waals surface area contributed by atoms with Gasteiger partial charge in [0.25, 0.3) is 11.8 Å². The van der Waals surface area contributed by atoms with Crippen LogP contribution in [0.25, 0.3) is 11.1 Å². The van der Waals surface area contributed by atoms with Gasteiger partial charge in [-0.15, -0.1) is 11.3 Å². The monoisotopic (exact) mass is 644 g/mol. The molecule has 3 heterocycles. The molecular weight excluding hydrogens is 616 g/mol. The van der Waals surface area contributed by atoms with Gasteiger partial charge in [0, 0.05) is 26.4 Å². The molecule has 0 spiro atoms. The van der Waals surface area contributed by atoms with E-state index in [0.29, 0.717) is 10.1 Å². The van der Waals surface area contributed by atoms with Gasteiger partial charge in [0.1, 0.15) is 5.00 Å². The molecule has 6 rings (SSSR count). The highest BCUT2D eigenvalue weighted by Gasteiger charge is 2.29. The number of anilines is 1. The minimum absolute atomic E-state index is 0.0739. The van der Waals surface area contributed by atoms with Crippen molar-refractivity contribution < 1.29 is 9.59 Å². The minimum Gasteiger partial charge on any atom is -0.322 e. The number of amides is 2. The van der Waals surface area contributed by atoms with Gasteiger partial charge in [-0.25, -0.2) is 4.99 Å². The van der Waals surface area contributed by atoms with Gasteiger partial charge in [-0.05, 0) is 118 Å². The van der Waals surface area contributed by atoms with E-state index in [1.807, 2.05) is 68.5 Å². The van der Waals surface area contributed by atoms with Gasteiger partial charge in [-0.2, -0.15) is 0 Å². The Labute approximate surface area is 256 Å². The largest absolute Gasteiger partial charge is 0.322 e. The summed E-state index contributed by atoms with van der Waals surface area (Å²) in [5.74, 6) is -0.240. The topological polar surface area (TPSA) is 75.5 Å². The van der Waals surface area contributed by atoms with Crippen molar-refractivity contribution in [1.82, 2.24) is 9.88 Å². The number of amidine groups is 1. The number of hydrogen-bond acceptors (Lipinski definition) is 5. The summed E-state index contributed by atoms with van der Waals surface area (Å²) in [6.07, 6.45) is 6.06. The number of rotatable bonds is 5. The van der Waals surface area contributed by atoms with Crippen LogP contribution >= 0.6 is 39.0 Å². The van der Waals surface area contributed by atoms with Crippen LogP contribution in [0.4, 0.5) is 11.4 Å². The van der Waals surface area contributed by atoms with E-state index in [0.717, 1.165) is 74.6 Å². The molecule has 0 saturated carbocycles. The fourth-order valence-corrected chi connectivity index (χ4v) is 7.87. The van der Waals surface area contributed by atoms with E-state index in [-0.39, 0.29) is 11.8 Å². The van der Waals surface area contributed by atoms with Gasteiger partial charge in [-0.3, -0.25) is 9.59 Å². The van der Waals surface area contributed by atoms with Crippen molar-refractivity contribution in [2.45, 2.75) is 46.5 Å². The maximum Gasteiger partial charge on any atom is 0.264 e. The molecule has 2 aliphatic rings. The van der Waals surface area contributed by atoms with Gasteiger partial charge in [-0.1, -0.05) is 33.6 Å². The van der Waals surface area contributed by atoms with Crippen LogP contribution in [0.2, 0.25) is 0 Å². The summed E-state index contributed by atoms with van der Waals surface area (Å²) in [5.41, 5.74) is 7.61. The van der Waals surface area contributed by atoms with Gasteiger partial charge in [0.2, 0.25) is 0 Å². The summed E-state index contributed by atoms with van der Waals surface area (Å²) in [4.78, 5) is 33.1. The number of aromatic nitrogens is 1. The summed E-state index contributed by atoms with van der Waals surface area (Å²) in [6, 6.07) is 17.6. The average Bonchev–Trinajstić information content (AvgIpc) is 3.58. The first-order valence-corrected chi connectivity index (χ1v) is 16.0. The highest BCUT2D eigenvalue weighted by molar-refractivity contribution is 9.10. The van der Waals surface area contributed by atoms with Crippen molar-refractivity contribution in [3.8, 4) is 5.00 Å². The van der Waals surface area contributed by atoms with Crippen LogP contribution < -0.4 is 10.6 Å². The smallest absolute Gasteiger partial charge is 0.264 e. The Morgan fingerprint density at radius 2 is 1.78 bits per heavy atom. The van der Waals surface area contributed by atoms with E-state index in [1.165, 1.54) is 22.2 Å². The predicted molar refractivity (Wildman–Crippen MR) is 174 cm³/mol. The molecule has 0 unspecified atom stereocenters. The molecule has 208 valence electrons.